The van der Waals surface area contributed by atoms with Crippen molar-refractivity contribution in [2.24, 2.45) is 0 Å². The van der Waals surface area contributed by atoms with Crippen molar-refractivity contribution < 1.29 is 14.3 Å². The smallest absolute Gasteiger partial charge is 0.231 e. The number of aliphatic hydroxyl groups excluding tert-OH is 1. The largest absolute Gasteiger partial charge is 0.390 e. The van der Waals surface area contributed by atoms with E-state index in [-0.39, 0.29) is 17.8 Å². The van der Waals surface area contributed by atoms with Gasteiger partial charge < -0.3 is 10.4 Å². The fraction of sp³-hybridized carbons (Fsp3) is 0.316. The SMILES string of the molecule is O=C(N[C@@H]1c2ccccc2C[C@@H]1O)C1(c2ccc(F)cc2)CC1. The lowest BCUT2D eigenvalue weighted by Crippen LogP contribution is -2.40. The molecule has 0 spiro atoms. The van der Waals surface area contributed by atoms with Crippen LogP contribution in [0.1, 0.15) is 35.6 Å². The number of halogens is 1. The zero-order chi connectivity index (χ0) is 16.0. The van der Waals surface area contributed by atoms with Gasteiger partial charge in [0.15, 0.2) is 0 Å². The fourth-order valence-electron chi connectivity index (χ4n) is 3.57. The van der Waals surface area contributed by atoms with Crippen LogP contribution in [-0.4, -0.2) is 17.1 Å². The second-order valence-electron chi connectivity index (χ2n) is 6.51. The lowest BCUT2D eigenvalue weighted by molar-refractivity contribution is -0.125. The Morgan fingerprint density at radius 3 is 2.52 bits per heavy atom. The predicted molar refractivity (Wildman–Crippen MR) is 84.3 cm³/mol. The van der Waals surface area contributed by atoms with E-state index in [1.807, 2.05) is 24.3 Å². The summed E-state index contributed by atoms with van der Waals surface area (Å²) >= 11 is 0. The van der Waals surface area contributed by atoms with Crippen LogP contribution in [0.15, 0.2) is 48.5 Å². The highest BCUT2D eigenvalue weighted by Crippen LogP contribution is 2.49. The van der Waals surface area contributed by atoms with E-state index < -0.39 is 11.5 Å². The summed E-state index contributed by atoms with van der Waals surface area (Å²) in [6, 6.07) is 13.6. The number of rotatable bonds is 3. The van der Waals surface area contributed by atoms with Crippen LogP contribution in [0.4, 0.5) is 4.39 Å². The summed E-state index contributed by atoms with van der Waals surface area (Å²) in [4.78, 5) is 12.8. The van der Waals surface area contributed by atoms with Crippen LogP contribution in [-0.2, 0) is 16.6 Å². The lowest BCUT2D eigenvalue weighted by Gasteiger charge is -2.22. The number of aliphatic hydroxyl groups is 1. The second kappa shape index (κ2) is 5.17. The number of amides is 1. The third-order valence-corrected chi connectivity index (χ3v) is 5.07. The summed E-state index contributed by atoms with van der Waals surface area (Å²) in [5, 5.41) is 13.3. The summed E-state index contributed by atoms with van der Waals surface area (Å²) in [5.41, 5.74) is 2.35. The number of benzene rings is 2. The van der Waals surface area contributed by atoms with Crippen molar-refractivity contribution in [3.63, 3.8) is 0 Å². The number of carbonyl (C=O) groups is 1. The third kappa shape index (κ3) is 2.34. The average Bonchev–Trinajstić information content (AvgIpc) is 3.30. The van der Waals surface area contributed by atoms with Crippen LogP contribution in [0.2, 0.25) is 0 Å². The minimum Gasteiger partial charge on any atom is -0.390 e. The molecule has 2 aromatic carbocycles. The quantitative estimate of drug-likeness (QED) is 0.915. The van der Waals surface area contributed by atoms with Crippen molar-refractivity contribution in [1.29, 1.82) is 0 Å². The molecule has 2 aliphatic rings. The molecule has 3 nitrogen and oxygen atoms in total. The predicted octanol–water partition coefficient (Wildman–Crippen LogP) is 2.63. The molecule has 0 radical (unpaired) electrons. The highest BCUT2D eigenvalue weighted by Gasteiger charge is 2.52. The number of nitrogens with one attached hydrogen (secondary N) is 1. The Balaban J connectivity index is 1.58. The molecule has 2 aromatic rings. The van der Waals surface area contributed by atoms with Crippen molar-refractivity contribution in [2.45, 2.75) is 36.8 Å². The van der Waals surface area contributed by atoms with Crippen LogP contribution in [0.3, 0.4) is 0 Å². The van der Waals surface area contributed by atoms with E-state index in [9.17, 15) is 14.3 Å². The normalized spacial score (nSPS) is 24.1. The fourth-order valence-corrected chi connectivity index (χ4v) is 3.57. The maximum atomic E-state index is 13.1. The Morgan fingerprint density at radius 1 is 1.13 bits per heavy atom. The van der Waals surface area contributed by atoms with Gasteiger partial charge in [-0.3, -0.25) is 4.79 Å². The molecular weight excluding hydrogens is 293 g/mol. The van der Waals surface area contributed by atoms with E-state index in [1.54, 1.807) is 12.1 Å². The molecule has 0 bridgehead atoms. The molecule has 4 rings (SSSR count). The van der Waals surface area contributed by atoms with Crippen molar-refractivity contribution in [2.75, 3.05) is 0 Å². The van der Waals surface area contributed by atoms with Crippen molar-refractivity contribution in [3.05, 3.63) is 71.0 Å². The van der Waals surface area contributed by atoms with Gasteiger partial charge in [0.25, 0.3) is 0 Å². The van der Waals surface area contributed by atoms with E-state index in [0.717, 1.165) is 29.5 Å². The second-order valence-corrected chi connectivity index (χ2v) is 6.51. The van der Waals surface area contributed by atoms with Crippen LogP contribution in [0.5, 0.6) is 0 Å². The van der Waals surface area contributed by atoms with Gasteiger partial charge in [0, 0.05) is 6.42 Å². The molecule has 0 heterocycles. The molecule has 0 saturated heterocycles. The van der Waals surface area contributed by atoms with E-state index in [4.69, 9.17) is 0 Å². The Hall–Kier alpha value is -2.20. The monoisotopic (exact) mass is 311 g/mol. The first-order chi connectivity index (χ1) is 11.1. The van der Waals surface area contributed by atoms with Crippen LogP contribution < -0.4 is 5.32 Å². The van der Waals surface area contributed by atoms with Gasteiger partial charge in [-0.05, 0) is 41.7 Å². The average molecular weight is 311 g/mol. The lowest BCUT2D eigenvalue weighted by atomic mass is 9.94. The number of hydrogen-bond donors (Lipinski definition) is 2. The molecule has 2 aliphatic carbocycles. The zero-order valence-corrected chi connectivity index (χ0v) is 12.6. The van der Waals surface area contributed by atoms with Gasteiger partial charge in [-0.1, -0.05) is 36.4 Å². The van der Waals surface area contributed by atoms with Gasteiger partial charge in [0.05, 0.1) is 17.6 Å². The minimum atomic E-state index is -0.597. The Kier molecular flexibility index (Phi) is 3.23. The maximum Gasteiger partial charge on any atom is 0.231 e. The van der Waals surface area contributed by atoms with Crippen LogP contribution in [0, 0.1) is 5.82 Å². The highest BCUT2D eigenvalue weighted by atomic mass is 19.1. The van der Waals surface area contributed by atoms with Crippen molar-refractivity contribution in [3.8, 4) is 0 Å². The van der Waals surface area contributed by atoms with Gasteiger partial charge >= 0.3 is 0 Å². The van der Waals surface area contributed by atoms with E-state index in [1.165, 1.54) is 12.1 Å². The van der Waals surface area contributed by atoms with Crippen molar-refractivity contribution >= 4 is 5.91 Å². The topological polar surface area (TPSA) is 49.3 Å². The number of fused-ring (bicyclic) bond motifs is 1. The molecule has 0 aromatic heterocycles. The summed E-state index contributed by atoms with van der Waals surface area (Å²) < 4.78 is 13.1. The molecule has 1 fully saturated rings. The van der Waals surface area contributed by atoms with E-state index in [0.29, 0.717) is 6.42 Å². The first-order valence-electron chi connectivity index (χ1n) is 7.93. The molecule has 23 heavy (non-hydrogen) atoms. The molecule has 0 aliphatic heterocycles. The summed E-state index contributed by atoms with van der Waals surface area (Å²) in [7, 11) is 0. The van der Waals surface area contributed by atoms with Crippen LogP contribution >= 0.6 is 0 Å². The molecule has 0 unspecified atom stereocenters. The summed E-state index contributed by atoms with van der Waals surface area (Å²) in [5.74, 6) is -0.380. The summed E-state index contributed by atoms with van der Waals surface area (Å²) in [6.07, 6.45) is 1.48. The molecule has 1 saturated carbocycles. The maximum absolute atomic E-state index is 13.1. The van der Waals surface area contributed by atoms with E-state index >= 15 is 0 Å². The van der Waals surface area contributed by atoms with Gasteiger partial charge in [0.1, 0.15) is 5.82 Å². The van der Waals surface area contributed by atoms with E-state index in [2.05, 4.69) is 5.32 Å². The van der Waals surface area contributed by atoms with Crippen molar-refractivity contribution in [1.82, 2.24) is 5.32 Å². The third-order valence-electron chi connectivity index (χ3n) is 5.07. The molecule has 4 heteroatoms. The molecule has 1 amide bonds. The Bertz CT molecular complexity index is 752. The molecule has 118 valence electrons. The summed E-state index contributed by atoms with van der Waals surface area (Å²) in [6.45, 7) is 0. The molecule has 2 atom stereocenters. The number of hydrogen-bond acceptors (Lipinski definition) is 2. The number of carbonyl (C=O) groups excluding carboxylic acids is 1. The Labute approximate surface area is 134 Å². The first kappa shape index (κ1) is 14.4. The standard InChI is InChI=1S/C19H18FNO2/c20-14-7-5-13(6-8-14)19(9-10-19)18(23)21-17-15-4-2-1-3-12(15)11-16(17)22/h1-8,16-17,22H,9-11H2,(H,21,23)/t16-,17+/m0/s1. The van der Waals surface area contributed by atoms with Gasteiger partial charge in [-0.25, -0.2) is 4.39 Å². The van der Waals surface area contributed by atoms with Gasteiger partial charge in [-0.15, -0.1) is 0 Å². The molecule has 2 N–H and O–H groups in total. The highest BCUT2D eigenvalue weighted by molar-refractivity contribution is 5.91. The van der Waals surface area contributed by atoms with Gasteiger partial charge in [-0.2, -0.15) is 0 Å². The zero-order valence-electron chi connectivity index (χ0n) is 12.6. The van der Waals surface area contributed by atoms with Crippen LogP contribution in [0.25, 0.3) is 0 Å². The molecular formula is C19H18FNO2. The minimum absolute atomic E-state index is 0.0788. The first-order valence-corrected chi connectivity index (χ1v) is 7.93. The Morgan fingerprint density at radius 2 is 1.83 bits per heavy atom. The van der Waals surface area contributed by atoms with Gasteiger partial charge in [0.2, 0.25) is 5.91 Å².